The minimum atomic E-state index is -0.614. The van der Waals surface area contributed by atoms with Crippen LogP contribution in [0, 0.1) is 11.3 Å². The molecule has 35 heavy (non-hydrogen) atoms. The molecule has 0 bridgehead atoms. The summed E-state index contributed by atoms with van der Waals surface area (Å²) in [4.78, 5) is 34.3. The van der Waals surface area contributed by atoms with E-state index in [4.69, 9.17) is 14.2 Å². The molecule has 2 aromatic rings. The molecule has 2 atom stereocenters. The van der Waals surface area contributed by atoms with Crippen LogP contribution in [0.1, 0.15) is 48.8 Å². The summed E-state index contributed by atoms with van der Waals surface area (Å²) in [5.74, 6) is 0.398. The Morgan fingerprint density at radius 3 is 2.66 bits per heavy atom. The predicted octanol–water partition coefficient (Wildman–Crippen LogP) is 3.61. The summed E-state index contributed by atoms with van der Waals surface area (Å²) >= 11 is 0. The summed E-state index contributed by atoms with van der Waals surface area (Å²) in [5, 5.41) is 9.29. The maximum Gasteiger partial charge on any atom is 0.410 e. The number of ether oxygens (including phenoxy) is 3. The standard InChI is InChI=1S/C26H30N4O5/c1-26(2,3)35-25(32)30-14-18(11-19(30)15-33-4)29-13-17-7-8-21(28-23(17)24(29)31)20-10-16(12-27)6-9-22(20)34-5/h6-10,18-19H,11,13-15H2,1-5H3/t18-,19+/m1/s1. The summed E-state index contributed by atoms with van der Waals surface area (Å²) in [6.45, 7) is 6.64. The fourth-order valence-electron chi connectivity index (χ4n) is 4.63. The van der Waals surface area contributed by atoms with Gasteiger partial charge in [0.15, 0.2) is 0 Å². The molecule has 0 saturated carbocycles. The van der Waals surface area contributed by atoms with Gasteiger partial charge in [-0.3, -0.25) is 4.79 Å². The van der Waals surface area contributed by atoms with E-state index in [-0.39, 0.29) is 18.0 Å². The molecular weight excluding hydrogens is 448 g/mol. The second kappa shape index (κ2) is 9.55. The number of rotatable bonds is 5. The molecule has 0 spiro atoms. The fourth-order valence-corrected chi connectivity index (χ4v) is 4.63. The molecule has 1 fully saturated rings. The lowest BCUT2D eigenvalue weighted by atomic mass is 10.1. The number of amides is 2. The quantitative estimate of drug-likeness (QED) is 0.646. The zero-order chi connectivity index (χ0) is 25.3. The SMILES string of the molecule is COC[C@@H]1C[C@@H](N2Cc3ccc(-c4cc(C#N)ccc4OC)nc3C2=O)CN1C(=O)OC(C)(C)C. The first kappa shape index (κ1) is 24.5. The van der Waals surface area contributed by atoms with Gasteiger partial charge in [-0.25, -0.2) is 9.78 Å². The Balaban J connectivity index is 1.58. The van der Waals surface area contributed by atoms with Crippen LogP contribution in [0.3, 0.4) is 0 Å². The molecule has 2 aliphatic heterocycles. The zero-order valence-corrected chi connectivity index (χ0v) is 20.7. The molecule has 1 saturated heterocycles. The van der Waals surface area contributed by atoms with Gasteiger partial charge in [-0.1, -0.05) is 6.07 Å². The molecule has 4 rings (SSSR count). The number of pyridine rings is 1. The number of fused-ring (bicyclic) bond motifs is 1. The monoisotopic (exact) mass is 478 g/mol. The number of benzene rings is 1. The van der Waals surface area contributed by atoms with Crippen LogP contribution in [-0.2, 0) is 16.0 Å². The molecule has 0 aliphatic carbocycles. The lowest BCUT2D eigenvalue weighted by Crippen LogP contribution is -2.43. The molecule has 0 unspecified atom stereocenters. The van der Waals surface area contributed by atoms with Gasteiger partial charge in [0.25, 0.3) is 5.91 Å². The molecule has 184 valence electrons. The van der Waals surface area contributed by atoms with Crippen molar-refractivity contribution in [3.05, 3.63) is 47.2 Å². The van der Waals surface area contributed by atoms with Crippen molar-refractivity contribution in [1.29, 1.82) is 5.26 Å². The Hall–Kier alpha value is -3.64. The number of hydrogen-bond donors (Lipinski definition) is 0. The van der Waals surface area contributed by atoms with Crippen molar-refractivity contribution in [2.45, 2.75) is 51.4 Å². The first-order chi connectivity index (χ1) is 16.6. The highest BCUT2D eigenvalue weighted by molar-refractivity contribution is 5.97. The number of aromatic nitrogens is 1. The van der Waals surface area contributed by atoms with Crippen molar-refractivity contribution in [1.82, 2.24) is 14.8 Å². The number of likely N-dealkylation sites (tertiary alicyclic amines) is 1. The summed E-state index contributed by atoms with van der Waals surface area (Å²) in [5.41, 5.74) is 2.29. The van der Waals surface area contributed by atoms with E-state index in [1.165, 1.54) is 0 Å². The van der Waals surface area contributed by atoms with E-state index in [9.17, 15) is 14.9 Å². The van der Waals surface area contributed by atoms with Gasteiger partial charge in [-0.15, -0.1) is 0 Å². The van der Waals surface area contributed by atoms with Crippen LogP contribution < -0.4 is 4.74 Å². The molecule has 0 N–H and O–H groups in total. The first-order valence-electron chi connectivity index (χ1n) is 11.5. The number of hydrogen-bond acceptors (Lipinski definition) is 7. The molecule has 0 radical (unpaired) electrons. The first-order valence-corrected chi connectivity index (χ1v) is 11.5. The second-order valence-corrected chi connectivity index (χ2v) is 9.80. The largest absolute Gasteiger partial charge is 0.496 e. The van der Waals surface area contributed by atoms with Gasteiger partial charge in [-0.05, 0) is 51.5 Å². The van der Waals surface area contributed by atoms with E-state index in [0.29, 0.717) is 54.4 Å². The Morgan fingerprint density at radius 1 is 1.23 bits per heavy atom. The van der Waals surface area contributed by atoms with Crippen molar-refractivity contribution in [2.75, 3.05) is 27.4 Å². The average Bonchev–Trinajstić information content (AvgIpc) is 3.38. The summed E-state index contributed by atoms with van der Waals surface area (Å²) in [6.07, 6.45) is 0.189. The van der Waals surface area contributed by atoms with Crippen LogP contribution in [0.2, 0.25) is 0 Å². The highest BCUT2D eigenvalue weighted by Crippen LogP contribution is 2.34. The molecule has 9 nitrogen and oxygen atoms in total. The molecular formula is C26H30N4O5. The minimum absolute atomic E-state index is 0.176. The lowest BCUT2D eigenvalue weighted by Gasteiger charge is -2.28. The second-order valence-electron chi connectivity index (χ2n) is 9.80. The van der Waals surface area contributed by atoms with E-state index in [1.807, 2.05) is 32.9 Å². The average molecular weight is 479 g/mol. The number of nitrogens with zero attached hydrogens (tertiary/aromatic N) is 4. The molecule has 1 aromatic heterocycles. The predicted molar refractivity (Wildman–Crippen MR) is 128 cm³/mol. The smallest absolute Gasteiger partial charge is 0.410 e. The lowest BCUT2D eigenvalue weighted by molar-refractivity contribution is 0.0140. The highest BCUT2D eigenvalue weighted by atomic mass is 16.6. The summed E-state index contributed by atoms with van der Waals surface area (Å²) in [6, 6.07) is 10.6. The fraction of sp³-hybridized carbons (Fsp3) is 0.462. The van der Waals surface area contributed by atoms with Crippen molar-refractivity contribution >= 4 is 12.0 Å². The number of carbonyl (C=O) groups excluding carboxylic acids is 2. The maximum absolute atomic E-state index is 13.4. The Bertz CT molecular complexity index is 1180. The van der Waals surface area contributed by atoms with E-state index in [2.05, 4.69) is 11.1 Å². The van der Waals surface area contributed by atoms with Crippen molar-refractivity contribution < 1.29 is 23.8 Å². The minimum Gasteiger partial charge on any atom is -0.496 e. The van der Waals surface area contributed by atoms with Gasteiger partial charge in [0.1, 0.15) is 17.0 Å². The van der Waals surface area contributed by atoms with E-state index in [0.717, 1.165) is 5.56 Å². The van der Waals surface area contributed by atoms with Gasteiger partial charge >= 0.3 is 6.09 Å². The summed E-state index contributed by atoms with van der Waals surface area (Å²) < 4.78 is 16.4. The maximum atomic E-state index is 13.4. The Labute approximate surface area is 205 Å². The van der Waals surface area contributed by atoms with Crippen molar-refractivity contribution in [3.63, 3.8) is 0 Å². The molecule has 3 heterocycles. The van der Waals surface area contributed by atoms with E-state index in [1.54, 1.807) is 42.2 Å². The van der Waals surface area contributed by atoms with E-state index >= 15 is 0 Å². The topological polar surface area (TPSA) is 105 Å². The van der Waals surface area contributed by atoms with E-state index < -0.39 is 11.7 Å². The number of carbonyl (C=O) groups is 2. The van der Waals surface area contributed by atoms with Crippen molar-refractivity contribution in [3.8, 4) is 23.1 Å². The van der Waals surface area contributed by atoms with Crippen LogP contribution in [0.25, 0.3) is 11.3 Å². The van der Waals surface area contributed by atoms with Crippen LogP contribution in [-0.4, -0.2) is 71.8 Å². The molecule has 2 aliphatic rings. The highest BCUT2D eigenvalue weighted by Gasteiger charge is 2.44. The van der Waals surface area contributed by atoms with Gasteiger partial charge in [-0.2, -0.15) is 5.26 Å². The molecule has 2 amide bonds. The molecule has 9 heteroatoms. The van der Waals surface area contributed by atoms with Crippen LogP contribution in [0.5, 0.6) is 5.75 Å². The molecule has 1 aromatic carbocycles. The third-order valence-electron chi connectivity index (χ3n) is 6.21. The Kier molecular flexibility index (Phi) is 6.68. The van der Waals surface area contributed by atoms with Gasteiger partial charge in [0, 0.05) is 31.3 Å². The zero-order valence-electron chi connectivity index (χ0n) is 20.7. The number of methoxy groups -OCH3 is 2. The third-order valence-corrected chi connectivity index (χ3v) is 6.21. The Morgan fingerprint density at radius 2 is 2.00 bits per heavy atom. The van der Waals surface area contributed by atoms with Crippen LogP contribution in [0.15, 0.2) is 30.3 Å². The number of nitriles is 1. The van der Waals surface area contributed by atoms with Gasteiger partial charge in [0.05, 0.1) is 43.1 Å². The van der Waals surface area contributed by atoms with Crippen LogP contribution >= 0.6 is 0 Å². The van der Waals surface area contributed by atoms with Gasteiger partial charge < -0.3 is 24.0 Å². The van der Waals surface area contributed by atoms with Crippen LogP contribution in [0.4, 0.5) is 4.79 Å². The van der Waals surface area contributed by atoms with Gasteiger partial charge in [0.2, 0.25) is 0 Å². The summed E-state index contributed by atoms with van der Waals surface area (Å²) in [7, 11) is 3.15. The normalized spacial score (nSPS) is 19.5. The van der Waals surface area contributed by atoms with Crippen molar-refractivity contribution in [2.24, 2.45) is 0 Å². The third kappa shape index (κ3) is 4.93.